The van der Waals surface area contributed by atoms with Crippen LogP contribution in [0.15, 0.2) is 30.8 Å². The zero-order valence-electron chi connectivity index (χ0n) is 16.3. The molecule has 0 N–H and O–H groups in total. The fraction of sp³-hybridized carbons (Fsp3) is 0.625. The van der Waals surface area contributed by atoms with Crippen molar-refractivity contribution in [2.75, 3.05) is 0 Å². The molecule has 142 valence electrons. The van der Waals surface area contributed by atoms with E-state index in [0.29, 0.717) is 5.56 Å². The van der Waals surface area contributed by atoms with Crippen molar-refractivity contribution in [1.82, 2.24) is 0 Å². The second-order valence-electron chi connectivity index (χ2n) is 8.34. The van der Waals surface area contributed by atoms with Crippen molar-refractivity contribution in [2.24, 2.45) is 17.8 Å². The molecule has 3 rings (SSSR count). The van der Waals surface area contributed by atoms with E-state index in [1.807, 2.05) is 24.3 Å². The lowest BCUT2D eigenvalue weighted by atomic mass is 9.70. The third-order valence-electron chi connectivity index (χ3n) is 6.63. The first-order valence-corrected chi connectivity index (χ1v) is 10.6. The van der Waals surface area contributed by atoms with Gasteiger partial charge in [-0.15, -0.1) is 0 Å². The highest BCUT2D eigenvalue weighted by atomic mass is 16.5. The molecular weight excluding hydrogens is 320 g/mol. The summed E-state index contributed by atoms with van der Waals surface area (Å²) in [6, 6.07) is 7.49. The van der Waals surface area contributed by atoms with E-state index in [9.17, 15) is 4.79 Å². The largest absolute Gasteiger partial charge is 0.459 e. The average molecular weight is 355 g/mol. The molecule has 26 heavy (non-hydrogen) atoms. The number of hydrogen-bond acceptors (Lipinski definition) is 2. The monoisotopic (exact) mass is 354 g/mol. The number of esters is 1. The minimum absolute atomic E-state index is 0.106. The van der Waals surface area contributed by atoms with E-state index in [1.165, 1.54) is 51.4 Å². The van der Waals surface area contributed by atoms with Crippen LogP contribution in [0.4, 0.5) is 0 Å². The number of ether oxygens (including phenoxy) is 1. The van der Waals surface area contributed by atoms with Crippen LogP contribution in [0.2, 0.25) is 0 Å². The summed E-state index contributed by atoms with van der Waals surface area (Å²) < 4.78 is 5.77. The van der Waals surface area contributed by atoms with Crippen molar-refractivity contribution in [3.8, 4) is 0 Å². The van der Waals surface area contributed by atoms with Crippen LogP contribution in [0.1, 0.15) is 87.1 Å². The van der Waals surface area contributed by atoms with Gasteiger partial charge in [0.2, 0.25) is 0 Å². The summed E-state index contributed by atoms with van der Waals surface area (Å²) >= 11 is 0. The molecule has 0 saturated heterocycles. The molecule has 0 aromatic heterocycles. The van der Waals surface area contributed by atoms with Gasteiger partial charge in [0.05, 0.1) is 5.56 Å². The normalized spacial score (nSPS) is 29.1. The molecule has 0 bridgehead atoms. The third-order valence-corrected chi connectivity index (χ3v) is 6.63. The maximum Gasteiger partial charge on any atom is 0.338 e. The van der Waals surface area contributed by atoms with Crippen molar-refractivity contribution in [2.45, 2.75) is 77.2 Å². The van der Waals surface area contributed by atoms with Gasteiger partial charge in [-0.2, -0.15) is 0 Å². The molecule has 1 aromatic carbocycles. The van der Waals surface area contributed by atoms with Gasteiger partial charge in [0.15, 0.2) is 0 Å². The first-order chi connectivity index (χ1) is 12.7. The van der Waals surface area contributed by atoms with E-state index >= 15 is 0 Å². The lowest BCUT2D eigenvalue weighted by molar-refractivity contribution is 0.0109. The Kier molecular flexibility index (Phi) is 6.93. The molecule has 2 aliphatic rings. The fourth-order valence-corrected chi connectivity index (χ4v) is 5.01. The Labute approximate surface area is 159 Å². The van der Waals surface area contributed by atoms with Crippen molar-refractivity contribution in [3.05, 3.63) is 42.0 Å². The minimum Gasteiger partial charge on any atom is -0.459 e. The number of hydrogen-bond donors (Lipinski definition) is 0. The zero-order valence-corrected chi connectivity index (χ0v) is 16.3. The minimum atomic E-state index is -0.177. The van der Waals surface area contributed by atoms with Crippen molar-refractivity contribution >= 4 is 12.0 Å². The van der Waals surface area contributed by atoms with E-state index in [-0.39, 0.29) is 12.1 Å². The van der Waals surface area contributed by atoms with Crippen LogP contribution in [0.5, 0.6) is 0 Å². The summed E-state index contributed by atoms with van der Waals surface area (Å²) in [5.74, 6) is 2.59. The summed E-state index contributed by atoms with van der Waals surface area (Å²) in [5.41, 5.74) is 1.67. The smallest absolute Gasteiger partial charge is 0.338 e. The Morgan fingerprint density at radius 3 is 2.12 bits per heavy atom. The first-order valence-electron chi connectivity index (χ1n) is 10.6. The lowest BCUT2D eigenvalue weighted by Gasteiger charge is -2.37. The summed E-state index contributed by atoms with van der Waals surface area (Å²) in [4.78, 5) is 12.3. The molecule has 0 amide bonds. The molecule has 0 atom stereocenters. The summed E-state index contributed by atoms with van der Waals surface area (Å²) in [5, 5.41) is 0. The Morgan fingerprint density at radius 1 is 1.00 bits per heavy atom. The molecule has 2 heteroatoms. The van der Waals surface area contributed by atoms with Crippen molar-refractivity contribution in [1.29, 1.82) is 0 Å². The highest BCUT2D eigenvalue weighted by Gasteiger charge is 2.31. The third kappa shape index (κ3) is 4.99. The standard InChI is InChI=1S/C24H34O2/c1-3-5-19-8-10-20(11-9-19)21-14-16-23(17-15-21)26-24(25)22-12-6-18(4-2)7-13-22/h4,6-7,12-13,19-21,23H,2-3,5,8-11,14-17H2,1H3. The van der Waals surface area contributed by atoms with E-state index in [2.05, 4.69) is 13.5 Å². The molecule has 0 aliphatic heterocycles. The summed E-state index contributed by atoms with van der Waals surface area (Å²) in [7, 11) is 0. The van der Waals surface area contributed by atoms with Crippen LogP contribution in [0.25, 0.3) is 6.08 Å². The molecule has 2 saturated carbocycles. The average Bonchev–Trinajstić information content (AvgIpc) is 2.69. The van der Waals surface area contributed by atoms with E-state index in [0.717, 1.165) is 36.2 Å². The number of carbonyl (C=O) groups excluding carboxylic acids is 1. The Morgan fingerprint density at radius 2 is 1.58 bits per heavy atom. The quantitative estimate of drug-likeness (QED) is 0.534. The predicted octanol–water partition coefficient (Wildman–Crippen LogP) is 6.65. The maximum absolute atomic E-state index is 12.3. The topological polar surface area (TPSA) is 26.3 Å². The van der Waals surface area contributed by atoms with Gasteiger partial charge < -0.3 is 4.74 Å². The SMILES string of the molecule is C=Cc1ccc(C(=O)OC2CCC(C3CCC(CCC)CC3)CC2)cc1. The number of carbonyl (C=O) groups is 1. The second-order valence-corrected chi connectivity index (χ2v) is 8.34. The summed E-state index contributed by atoms with van der Waals surface area (Å²) in [6.45, 7) is 6.05. The number of benzene rings is 1. The van der Waals surface area contributed by atoms with Gasteiger partial charge in [-0.25, -0.2) is 4.79 Å². The second kappa shape index (κ2) is 9.39. The van der Waals surface area contributed by atoms with Crippen molar-refractivity contribution in [3.63, 3.8) is 0 Å². The Hall–Kier alpha value is -1.57. The van der Waals surface area contributed by atoms with Gasteiger partial charge in [0, 0.05) is 0 Å². The maximum atomic E-state index is 12.3. The zero-order chi connectivity index (χ0) is 18.4. The molecule has 1 aromatic rings. The molecule has 2 nitrogen and oxygen atoms in total. The highest BCUT2D eigenvalue weighted by Crippen LogP contribution is 2.41. The van der Waals surface area contributed by atoms with Crippen molar-refractivity contribution < 1.29 is 9.53 Å². The van der Waals surface area contributed by atoms with Gasteiger partial charge >= 0.3 is 5.97 Å². The predicted molar refractivity (Wildman–Crippen MR) is 108 cm³/mol. The van der Waals surface area contributed by atoms with Gasteiger partial charge in [-0.3, -0.25) is 0 Å². The van der Waals surface area contributed by atoms with Crippen LogP contribution in [0.3, 0.4) is 0 Å². The molecule has 0 radical (unpaired) electrons. The molecule has 2 aliphatic carbocycles. The Balaban J connectivity index is 1.42. The molecule has 0 spiro atoms. The fourth-order valence-electron chi connectivity index (χ4n) is 5.01. The van der Waals surface area contributed by atoms with Gasteiger partial charge in [-0.1, -0.05) is 57.4 Å². The summed E-state index contributed by atoms with van der Waals surface area (Å²) in [6.07, 6.45) is 14.9. The van der Waals surface area contributed by atoms with E-state index < -0.39 is 0 Å². The molecule has 0 heterocycles. The van der Waals surface area contributed by atoms with Crippen LogP contribution in [-0.4, -0.2) is 12.1 Å². The van der Waals surface area contributed by atoms with Gasteiger partial charge in [0.25, 0.3) is 0 Å². The van der Waals surface area contributed by atoms with Crippen LogP contribution in [-0.2, 0) is 4.74 Å². The molecule has 2 fully saturated rings. The highest BCUT2D eigenvalue weighted by molar-refractivity contribution is 5.89. The lowest BCUT2D eigenvalue weighted by Crippen LogP contribution is -2.29. The van der Waals surface area contributed by atoms with Crippen LogP contribution < -0.4 is 0 Å². The van der Waals surface area contributed by atoms with E-state index in [4.69, 9.17) is 4.74 Å². The number of rotatable bonds is 6. The van der Waals surface area contributed by atoms with Gasteiger partial charge in [-0.05, 0) is 74.0 Å². The van der Waals surface area contributed by atoms with Crippen LogP contribution in [0, 0.1) is 17.8 Å². The van der Waals surface area contributed by atoms with E-state index in [1.54, 1.807) is 6.08 Å². The van der Waals surface area contributed by atoms with Gasteiger partial charge in [0.1, 0.15) is 6.10 Å². The molecule has 0 unspecified atom stereocenters. The first kappa shape index (κ1) is 19.2. The van der Waals surface area contributed by atoms with Crippen LogP contribution >= 0.6 is 0 Å². The Bertz CT molecular complexity index is 573. The molecular formula is C24H34O2.